The summed E-state index contributed by atoms with van der Waals surface area (Å²) in [5.74, 6) is 0.197. The Kier molecular flexibility index (Phi) is 5.67. The van der Waals surface area contributed by atoms with Crippen molar-refractivity contribution in [2.24, 2.45) is 0 Å². The van der Waals surface area contributed by atoms with Crippen LogP contribution in [0.2, 0.25) is 0 Å². The summed E-state index contributed by atoms with van der Waals surface area (Å²) in [5, 5.41) is 12.3. The number of rotatable bonds is 6. The van der Waals surface area contributed by atoms with E-state index in [1.807, 2.05) is 18.5 Å². The van der Waals surface area contributed by atoms with Crippen LogP contribution in [0.4, 0.5) is 0 Å². The third-order valence-corrected chi connectivity index (χ3v) is 7.82. The summed E-state index contributed by atoms with van der Waals surface area (Å²) < 4.78 is 25.3. The molecule has 2 fully saturated rings. The quantitative estimate of drug-likeness (QED) is 0.679. The molecule has 25 heavy (non-hydrogen) atoms. The number of sulfone groups is 1. The predicted molar refractivity (Wildman–Crippen MR) is 95.1 cm³/mol. The lowest BCUT2D eigenvalue weighted by Gasteiger charge is -2.29. The maximum absolute atomic E-state index is 12.9. The lowest BCUT2D eigenvalue weighted by Crippen LogP contribution is -2.44. The van der Waals surface area contributed by atoms with Crippen LogP contribution in [0.15, 0.2) is 5.16 Å². The average Bonchev–Trinajstić information content (AvgIpc) is 3.28. The molecule has 1 saturated carbocycles. The summed E-state index contributed by atoms with van der Waals surface area (Å²) in [6, 6.07) is 0.110. The van der Waals surface area contributed by atoms with Gasteiger partial charge in [-0.15, -0.1) is 5.10 Å². The summed E-state index contributed by atoms with van der Waals surface area (Å²) in [4.78, 5) is 14.6. The molecule has 1 aromatic heterocycles. The minimum Gasteiger partial charge on any atom is -0.338 e. The van der Waals surface area contributed by atoms with Gasteiger partial charge in [0.25, 0.3) is 0 Å². The van der Waals surface area contributed by atoms with Crippen molar-refractivity contribution in [3.05, 3.63) is 0 Å². The number of thioether (sulfide) groups is 1. The third-order valence-electron chi connectivity index (χ3n) is 5.04. The molecule has 2 atom stereocenters. The number of hydrogen-bond donors (Lipinski definition) is 0. The van der Waals surface area contributed by atoms with Gasteiger partial charge in [0, 0.05) is 12.6 Å². The third kappa shape index (κ3) is 4.16. The molecule has 1 aromatic rings. The fourth-order valence-corrected chi connectivity index (χ4v) is 6.36. The van der Waals surface area contributed by atoms with Gasteiger partial charge in [-0.3, -0.25) is 4.79 Å². The van der Waals surface area contributed by atoms with Crippen molar-refractivity contribution in [2.45, 2.75) is 68.4 Å². The first kappa shape index (κ1) is 18.6. The minimum absolute atomic E-state index is 0.0458. The number of hydrogen-bond acceptors (Lipinski definition) is 7. The van der Waals surface area contributed by atoms with Crippen molar-refractivity contribution in [3.8, 4) is 0 Å². The van der Waals surface area contributed by atoms with Crippen molar-refractivity contribution >= 4 is 27.5 Å². The topological polar surface area (TPSA) is 98.1 Å². The van der Waals surface area contributed by atoms with Crippen molar-refractivity contribution in [1.29, 1.82) is 0 Å². The molecule has 140 valence electrons. The SMILES string of the molecule is CCN(C(=O)[C@H](C)Sc1nnnn1C1CCCC1)[C@H]1CCS(=O)(=O)C1. The molecule has 8 nitrogen and oxygen atoms in total. The van der Waals surface area contributed by atoms with E-state index in [9.17, 15) is 13.2 Å². The van der Waals surface area contributed by atoms with Gasteiger partial charge in [0.2, 0.25) is 11.1 Å². The van der Waals surface area contributed by atoms with Crippen molar-refractivity contribution in [1.82, 2.24) is 25.1 Å². The van der Waals surface area contributed by atoms with Crippen LogP contribution in [0.1, 0.15) is 52.0 Å². The first-order chi connectivity index (χ1) is 11.9. The van der Waals surface area contributed by atoms with Crippen molar-refractivity contribution < 1.29 is 13.2 Å². The van der Waals surface area contributed by atoms with E-state index in [0.29, 0.717) is 24.2 Å². The van der Waals surface area contributed by atoms with Gasteiger partial charge in [-0.05, 0) is 43.5 Å². The van der Waals surface area contributed by atoms with E-state index in [-0.39, 0.29) is 28.7 Å². The largest absolute Gasteiger partial charge is 0.338 e. The molecule has 1 saturated heterocycles. The molecule has 2 heterocycles. The molecule has 0 spiro atoms. The van der Waals surface area contributed by atoms with Gasteiger partial charge in [0.1, 0.15) is 0 Å². The molecule has 0 bridgehead atoms. The second-order valence-electron chi connectivity index (χ2n) is 6.79. The Morgan fingerprint density at radius 1 is 1.36 bits per heavy atom. The van der Waals surface area contributed by atoms with Crippen LogP contribution in [0.25, 0.3) is 0 Å². The maximum atomic E-state index is 12.9. The molecule has 10 heteroatoms. The van der Waals surface area contributed by atoms with E-state index in [4.69, 9.17) is 0 Å². The number of amides is 1. The molecule has 0 radical (unpaired) electrons. The van der Waals surface area contributed by atoms with Crippen LogP contribution in [0, 0.1) is 0 Å². The Labute approximate surface area is 152 Å². The highest BCUT2D eigenvalue weighted by atomic mass is 32.2. The van der Waals surface area contributed by atoms with E-state index in [0.717, 1.165) is 12.8 Å². The predicted octanol–water partition coefficient (Wildman–Crippen LogP) is 1.30. The Balaban J connectivity index is 1.67. The second kappa shape index (κ2) is 7.61. The van der Waals surface area contributed by atoms with E-state index in [2.05, 4.69) is 15.5 Å². The van der Waals surface area contributed by atoms with E-state index in [1.54, 1.807) is 4.90 Å². The monoisotopic (exact) mass is 387 g/mol. The van der Waals surface area contributed by atoms with Crippen LogP contribution < -0.4 is 0 Å². The molecule has 0 N–H and O–H groups in total. The number of aromatic nitrogens is 4. The molecule has 3 rings (SSSR count). The standard InChI is InChI=1S/C15H25N5O3S2/c1-3-19(13-8-9-25(22,23)10-13)14(21)11(2)24-15-16-17-18-20(15)12-6-4-5-7-12/h11-13H,3-10H2,1-2H3/t11-,13-/m0/s1. The van der Waals surface area contributed by atoms with Gasteiger partial charge in [0.05, 0.1) is 22.8 Å². The zero-order valence-corrected chi connectivity index (χ0v) is 16.3. The van der Waals surface area contributed by atoms with Gasteiger partial charge in [0.15, 0.2) is 9.84 Å². The van der Waals surface area contributed by atoms with Crippen LogP contribution in [0.3, 0.4) is 0 Å². The van der Waals surface area contributed by atoms with Gasteiger partial charge in [-0.25, -0.2) is 13.1 Å². The van der Waals surface area contributed by atoms with Crippen molar-refractivity contribution in [2.75, 3.05) is 18.1 Å². The zero-order chi connectivity index (χ0) is 18.0. The van der Waals surface area contributed by atoms with Gasteiger partial charge in [-0.2, -0.15) is 0 Å². The summed E-state index contributed by atoms with van der Waals surface area (Å²) in [6.07, 6.45) is 5.04. The van der Waals surface area contributed by atoms with Gasteiger partial charge in [-0.1, -0.05) is 24.6 Å². The first-order valence-electron chi connectivity index (χ1n) is 8.86. The van der Waals surface area contributed by atoms with E-state index < -0.39 is 9.84 Å². The summed E-state index contributed by atoms with van der Waals surface area (Å²) in [6.45, 7) is 4.24. The second-order valence-corrected chi connectivity index (χ2v) is 10.3. The Hall–Kier alpha value is -1.16. The highest BCUT2D eigenvalue weighted by molar-refractivity contribution is 8.00. The first-order valence-corrected chi connectivity index (χ1v) is 11.6. The Morgan fingerprint density at radius 2 is 2.08 bits per heavy atom. The van der Waals surface area contributed by atoms with Crippen molar-refractivity contribution in [3.63, 3.8) is 0 Å². The molecule has 1 amide bonds. The van der Waals surface area contributed by atoms with Crippen LogP contribution in [-0.2, 0) is 14.6 Å². The molecule has 1 aliphatic carbocycles. The fraction of sp³-hybridized carbons (Fsp3) is 0.867. The van der Waals surface area contributed by atoms with E-state index in [1.165, 1.54) is 24.6 Å². The number of tetrazole rings is 1. The van der Waals surface area contributed by atoms with E-state index >= 15 is 0 Å². The smallest absolute Gasteiger partial charge is 0.236 e. The zero-order valence-electron chi connectivity index (χ0n) is 14.7. The van der Waals surface area contributed by atoms with Gasteiger partial charge < -0.3 is 4.90 Å². The lowest BCUT2D eigenvalue weighted by atomic mass is 10.2. The normalized spacial score (nSPS) is 24.5. The average molecular weight is 388 g/mol. The lowest BCUT2D eigenvalue weighted by molar-refractivity contribution is -0.131. The highest BCUT2D eigenvalue weighted by Crippen LogP contribution is 2.33. The fourth-order valence-electron chi connectivity index (χ4n) is 3.70. The van der Waals surface area contributed by atoms with Crippen LogP contribution in [0.5, 0.6) is 0 Å². The summed E-state index contributed by atoms with van der Waals surface area (Å²) >= 11 is 1.36. The summed E-state index contributed by atoms with van der Waals surface area (Å²) in [7, 11) is -3.01. The van der Waals surface area contributed by atoms with Crippen LogP contribution in [-0.4, -0.2) is 68.8 Å². The molecule has 1 aliphatic heterocycles. The minimum atomic E-state index is -3.01. The molecule has 0 unspecified atom stereocenters. The number of carbonyl (C=O) groups excluding carboxylic acids is 1. The highest BCUT2D eigenvalue weighted by Gasteiger charge is 2.36. The molecule has 2 aliphatic rings. The molecule has 0 aromatic carbocycles. The number of carbonyl (C=O) groups is 1. The number of nitrogens with zero attached hydrogens (tertiary/aromatic N) is 5. The summed E-state index contributed by atoms with van der Waals surface area (Å²) in [5.41, 5.74) is 0. The Morgan fingerprint density at radius 3 is 2.68 bits per heavy atom. The Bertz CT molecular complexity index is 715. The van der Waals surface area contributed by atoms with Crippen LogP contribution >= 0.6 is 11.8 Å². The maximum Gasteiger partial charge on any atom is 0.236 e. The molecular formula is C15H25N5O3S2. The molecular weight excluding hydrogens is 362 g/mol. The van der Waals surface area contributed by atoms with Gasteiger partial charge >= 0.3 is 0 Å².